The number of anilines is 2. The Bertz CT molecular complexity index is 552. The smallest absolute Gasteiger partial charge is 0.225 e. The third-order valence-electron chi connectivity index (χ3n) is 2.94. The molecular weight excluding hydrogens is 248 g/mol. The van der Waals surface area contributed by atoms with Crippen LogP contribution < -0.4 is 10.6 Å². The Morgan fingerprint density at radius 1 is 0.950 bits per heavy atom. The second kappa shape index (κ2) is 6.37. The van der Waals surface area contributed by atoms with Gasteiger partial charge < -0.3 is 10.6 Å². The summed E-state index contributed by atoms with van der Waals surface area (Å²) >= 11 is 0. The molecule has 0 aliphatic heterocycles. The predicted molar refractivity (Wildman–Crippen MR) is 84.0 cm³/mol. The van der Waals surface area contributed by atoms with E-state index in [1.54, 1.807) is 0 Å². The Hall–Kier alpha value is -2.10. The lowest BCUT2D eigenvalue weighted by Crippen LogP contribution is -2.15. The molecule has 0 radical (unpaired) electrons. The first-order valence-electron chi connectivity index (χ1n) is 6.98. The molecule has 4 nitrogen and oxygen atoms in total. The van der Waals surface area contributed by atoms with E-state index in [9.17, 15) is 0 Å². The molecular formula is C16H22N4. The van der Waals surface area contributed by atoms with Crippen LogP contribution >= 0.6 is 0 Å². The highest BCUT2D eigenvalue weighted by atomic mass is 15.2. The van der Waals surface area contributed by atoms with Gasteiger partial charge in [-0.05, 0) is 33.3 Å². The van der Waals surface area contributed by atoms with Crippen molar-refractivity contribution < 1.29 is 0 Å². The third kappa shape index (κ3) is 3.95. The molecule has 2 aromatic rings. The number of hydrogen-bond donors (Lipinski definition) is 2. The molecule has 1 aromatic heterocycles. The molecule has 0 spiro atoms. The van der Waals surface area contributed by atoms with Gasteiger partial charge >= 0.3 is 0 Å². The van der Waals surface area contributed by atoms with Crippen LogP contribution in [-0.4, -0.2) is 16.0 Å². The van der Waals surface area contributed by atoms with Crippen LogP contribution in [0.25, 0.3) is 0 Å². The lowest BCUT2D eigenvalue weighted by Gasteiger charge is -2.16. The van der Waals surface area contributed by atoms with Crippen molar-refractivity contribution >= 4 is 11.8 Å². The predicted octanol–water partition coefficient (Wildman–Crippen LogP) is 3.78. The molecule has 0 saturated heterocycles. The number of aryl methyl sites for hydroxylation is 1. The van der Waals surface area contributed by atoms with Crippen LogP contribution in [0, 0.1) is 6.92 Å². The second-order valence-corrected chi connectivity index (χ2v) is 5.29. The molecule has 20 heavy (non-hydrogen) atoms. The molecule has 0 amide bonds. The number of nitrogens with zero attached hydrogens (tertiary/aromatic N) is 2. The van der Waals surface area contributed by atoms with Crippen molar-refractivity contribution in [2.75, 3.05) is 10.6 Å². The summed E-state index contributed by atoms with van der Waals surface area (Å²) in [5.74, 6) is 1.51. The van der Waals surface area contributed by atoms with Crippen molar-refractivity contribution in [2.24, 2.45) is 0 Å². The Balaban J connectivity index is 2.14. The molecule has 106 valence electrons. The van der Waals surface area contributed by atoms with E-state index in [2.05, 4.69) is 53.5 Å². The minimum absolute atomic E-state index is 0.206. The Morgan fingerprint density at radius 2 is 1.65 bits per heavy atom. The highest BCUT2D eigenvalue weighted by Gasteiger charge is 2.08. The molecule has 1 unspecified atom stereocenters. The minimum Gasteiger partial charge on any atom is -0.363 e. The van der Waals surface area contributed by atoms with Gasteiger partial charge in [-0.3, -0.25) is 0 Å². The number of nitrogens with one attached hydrogen (secondary N) is 2. The molecule has 1 aromatic carbocycles. The highest BCUT2D eigenvalue weighted by Crippen LogP contribution is 2.19. The van der Waals surface area contributed by atoms with Gasteiger partial charge in [-0.15, -0.1) is 0 Å². The van der Waals surface area contributed by atoms with E-state index in [0.29, 0.717) is 12.0 Å². The summed E-state index contributed by atoms with van der Waals surface area (Å²) in [6.07, 6.45) is 0. The summed E-state index contributed by atoms with van der Waals surface area (Å²) in [6, 6.07) is 12.8. The zero-order valence-corrected chi connectivity index (χ0v) is 12.5. The normalized spacial score (nSPS) is 12.2. The van der Waals surface area contributed by atoms with Gasteiger partial charge in [0.15, 0.2) is 0 Å². The fraction of sp³-hybridized carbons (Fsp3) is 0.375. The molecule has 0 fully saturated rings. The van der Waals surface area contributed by atoms with Crippen molar-refractivity contribution in [2.45, 2.75) is 39.8 Å². The van der Waals surface area contributed by atoms with Crippen molar-refractivity contribution in [3.05, 3.63) is 47.7 Å². The van der Waals surface area contributed by atoms with Crippen LogP contribution in [0.2, 0.25) is 0 Å². The lowest BCUT2D eigenvalue weighted by molar-refractivity contribution is 0.852. The van der Waals surface area contributed by atoms with Crippen LogP contribution in [-0.2, 0) is 0 Å². The van der Waals surface area contributed by atoms with Crippen molar-refractivity contribution in [3.8, 4) is 0 Å². The molecule has 0 aliphatic carbocycles. The fourth-order valence-electron chi connectivity index (χ4n) is 2.01. The monoisotopic (exact) mass is 270 g/mol. The standard InChI is InChI=1S/C16H22N4/c1-11(2)17-16-18-12(3)10-15(20-16)19-13(4)14-8-6-5-7-9-14/h5-11,13H,1-4H3,(H2,17,18,19,20). The number of rotatable bonds is 5. The maximum atomic E-state index is 4.51. The van der Waals surface area contributed by atoms with Crippen molar-refractivity contribution in [3.63, 3.8) is 0 Å². The molecule has 0 bridgehead atoms. The van der Waals surface area contributed by atoms with Gasteiger partial charge in [0.05, 0.1) is 0 Å². The zero-order valence-electron chi connectivity index (χ0n) is 12.5. The van der Waals surface area contributed by atoms with Crippen LogP contribution in [0.5, 0.6) is 0 Å². The van der Waals surface area contributed by atoms with Crippen molar-refractivity contribution in [1.82, 2.24) is 9.97 Å². The van der Waals surface area contributed by atoms with E-state index < -0.39 is 0 Å². The van der Waals surface area contributed by atoms with E-state index in [1.165, 1.54) is 5.56 Å². The molecule has 0 aliphatic rings. The van der Waals surface area contributed by atoms with Gasteiger partial charge in [0.25, 0.3) is 0 Å². The van der Waals surface area contributed by atoms with Crippen molar-refractivity contribution in [1.29, 1.82) is 0 Å². The van der Waals surface area contributed by atoms with Crippen LogP contribution in [0.1, 0.15) is 38.1 Å². The largest absolute Gasteiger partial charge is 0.363 e. The highest BCUT2D eigenvalue weighted by molar-refractivity contribution is 5.44. The first-order chi connectivity index (χ1) is 9.54. The first kappa shape index (κ1) is 14.3. The van der Waals surface area contributed by atoms with Gasteiger partial charge in [-0.2, -0.15) is 4.98 Å². The van der Waals surface area contributed by atoms with Crippen LogP contribution in [0.15, 0.2) is 36.4 Å². The zero-order chi connectivity index (χ0) is 14.5. The van der Waals surface area contributed by atoms with E-state index in [4.69, 9.17) is 0 Å². The molecule has 1 atom stereocenters. The molecule has 0 saturated carbocycles. The van der Waals surface area contributed by atoms with Gasteiger partial charge in [-0.1, -0.05) is 30.3 Å². The van der Waals surface area contributed by atoms with Crippen LogP contribution in [0.3, 0.4) is 0 Å². The summed E-state index contributed by atoms with van der Waals surface area (Å²) in [5, 5.41) is 6.66. The summed E-state index contributed by atoms with van der Waals surface area (Å²) in [5.41, 5.74) is 2.19. The van der Waals surface area contributed by atoms with Crippen LogP contribution in [0.4, 0.5) is 11.8 Å². The Morgan fingerprint density at radius 3 is 2.30 bits per heavy atom. The second-order valence-electron chi connectivity index (χ2n) is 5.29. The summed E-state index contributed by atoms with van der Waals surface area (Å²) in [7, 11) is 0. The summed E-state index contributed by atoms with van der Waals surface area (Å²) in [6.45, 7) is 8.25. The molecule has 4 heteroatoms. The minimum atomic E-state index is 0.206. The summed E-state index contributed by atoms with van der Waals surface area (Å²) < 4.78 is 0. The number of benzene rings is 1. The maximum Gasteiger partial charge on any atom is 0.225 e. The number of aromatic nitrogens is 2. The van der Waals surface area contributed by atoms with E-state index >= 15 is 0 Å². The van der Waals surface area contributed by atoms with E-state index in [-0.39, 0.29) is 6.04 Å². The summed E-state index contributed by atoms with van der Waals surface area (Å²) in [4.78, 5) is 8.90. The van der Waals surface area contributed by atoms with Gasteiger partial charge in [-0.25, -0.2) is 4.98 Å². The SMILES string of the molecule is Cc1cc(NC(C)c2ccccc2)nc(NC(C)C)n1. The Kier molecular flexibility index (Phi) is 4.56. The lowest BCUT2D eigenvalue weighted by atomic mass is 10.1. The first-order valence-corrected chi connectivity index (χ1v) is 6.98. The average Bonchev–Trinajstić information content (AvgIpc) is 2.38. The molecule has 2 rings (SSSR count). The third-order valence-corrected chi connectivity index (χ3v) is 2.94. The maximum absolute atomic E-state index is 4.51. The molecule has 1 heterocycles. The average molecular weight is 270 g/mol. The number of hydrogen-bond acceptors (Lipinski definition) is 4. The van der Waals surface area contributed by atoms with E-state index in [1.807, 2.05) is 31.2 Å². The van der Waals surface area contributed by atoms with E-state index in [0.717, 1.165) is 11.5 Å². The molecule has 2 N–H and O–H groups in total. The topological polar surface area (TPSA) is 49.8 Å². The van der Waals surface area contributed by atoms with Gasteiger partial charge in [0.1, 0.15) is 5.82 Å². The Labute approximate surface area is 120 Å². The fourth-order valence-corrected chi connectivity index (χ4v) is 2.01. The van der Waals surface area contributed by atoms with Gasteiger partial charge in [0.2, 0.25) is 5.95 Å². The van der Waals surface area contributed by atoms with Gasteiger partial charge in [0, 0.05) is 23.8 Å². The quantitative estimate of drug-likeness (QED) is 0.868.